The van der Waals surface area contributed by atoms with Gasteiger partial charge >= 0.3 is 6.18 Å². The van der Waals surface area contributed by atoms with Crippen LogP contribution in [0.4, 0.5) is 36.3 Å². The van der Waals surface area contributed by atoms with Gasteiger partial charge in [0.25, 0.3) is 0 Å². The monoisotopic (exact) mass is 460 g/mol. The molecule has 0 aliphatic carbocycles. The van der Waals surface area contributed by atoms with Crippen LogP contribution in [0.25, 0.3) is 0 Å². The fourth-order valence-corrected chi connectivity index (χ4v) is 2.89. The van der Waals surface area contributed by atoms with Crippen molar-refractivity contribution < 1.29 is 22.6 Å². The summed E-state index contributed by atoms with van der Waals surface area (Å²) < 4.78 is 52.1. The molecular formula is C24H27F3N4O2. The summed E-state index contributed by atoms with van der Waals surface area (Å²) in [5, 5.41) is 5.67. The molecule has 33 heavy (non-hydrogen) atoms. The van der Waals surface area contributed by atoms with Gasteiger partial charge in [0.2, 0.25) is 5.95 Å². The Kier molecular flexibility index (Phi) is 7.00. The number of halogens is 3. The van der Waals surface area contributed by atoms with Crippen molar-refractivity contribution in [2.45, 2.75) is 52.5 Å². The molecule has 2 aromatic carbocycles. The second-order valence-electron chi connectivity index (χ2n) is 8.64. The van der Waals surface area contributed by atoms with Crippen LogP contribution in [0.5, 0.6) is 11.5 Å². The molecule has 176 valence electrons. The number of nitrogens with one attached hydrogen (secondary N) is 2. The zero-order chi connectivity index (χ0) is 24.2. The Labute approximate surface area is 191 Å². The summed E-state index contributed by atoms with van der Waals surface area (Å²) in [6, 6.07) is 13.7. The first kappa shape index (κ1) is 24.2. The van der Waals surface area contributed by atoms with Crippen molar-refractivity contribution in [2.75, 3.05) is 10.6 Å². The van der Waals surface area contributed by atoms with E-state index in [2.05, 4.69) is 20.6 Å². The lowest BCUT2D eigenvalue weighted by atomic mass is 10.2. The van der Waals surface area contributed by atoms with Gasteiger partial charge in [-0.05, 0) is 71.0 Å². The summed E-state index contributed by atoms with van der Waals surface area (Å²) in [6.07, 6.45) is -3.84. The molecule has 6 nitrogen and oxygen atoms in total. The first-order chi connectivity index (χ1) is 15.4. The van der Waals surface area contributed by atoms with Gasteiger partial charge in [-0.2, -0.15) is 18.2 Å². The molecule has 0 radical (unpaired) electrons. The number of anilines is 4. The third kappa shape index (κ3) is 7.27. The van der Waals surface area contributed by atoms with Crippen LogP contribution >= 0.6 is 0 Å². The topological polar surface area (TPSA) is 68.3 Å². The van der Waals surface area contributed by atoms with E-state index in [1.165, 1.54) is 0 Å². The minimum Gasteiger partial charge on any atom is -0.491 e. The highest BCUT2D eigenvalue weighted by atomic mass is 19.4. The Balaban J connectivity index is 1.86. The van der Waals surface area contributed by atoms with E-state index in [0.29, 0.717) is 22.9 Å². The first-order valence-electron chi connectivity index (χ1n) is 10.4. The van der Waals surface area contributed by atoms with Crippen LogP contribution in [0.15, 0.2) is 54.7 Å². The summed E-state index contributed by atoms with van der Waals surface area (Å²) in [4.78, 5) is 7.92. The molecule has 0 bridgehead atoms. The van der Waals surface area contributed by atoms with E-state index in [4.69, 9.17) is 9.47 Å². The van der Waals surface area contributed by atoms with E-state index < -0.39 is 17.3 Å². The summed E-state index contributed by atoms with van der Waals surface area (Å²) in [5.74, 6) is 0.860. The maximum Gasteiger partial charge on any atom is 0.421 e. The van der Waals surface area contributed by atoms with Crippen LogP contribution in [0, 0.1) is 0 Å². The third-order valence-corrected chi connectivity index (χ3v) is 4.10. The molecule has 2 N–H and O–H groups in total. The third-order valence-electron chi connectivity index (χ3n) is 4.10. The fraction of sp³-hybridized carbons (Fsp3) is 0.333. The van der Waals surface area contributed by atoms with E-state index in [0.717, 1.165) is 6.20 Å². The van der Waals surface area contributed by atoms with Crippen molar-refractivity contribution in [1.82, 2.24) is 9.97 Å². The number of benzene rings is 2. The minimum absolute atomic E-state index is 0.0186. The Morgan fingerprint density at radius 1 is 0.879 bits per heavy atom. The standard InChI is InChI=1S/C24H27F3N4O2/c1-15(2)32-18-11-9-16(10-12-18)30-22-28-14-20(24(25,26)27)21(31-22)29-17-7-6-8-19(13-17)33-23(3,4)5/h6-15H,1-5H3,(H2,28,29,30,31). The molecule has 9 heteroatoms. The van der Waals surface area contributed by atoms with Crippen molar-refractivity contribution in [1.29, 1.82) is 0 Å². The molecule has 0 spiro atoms. The molecule has 0 aliphatic rings. The molecular weight excluding hydrogens is 433 g/mol. The van der Waals surface area contributed by atoms with Crippen LogP contribution in [-0.4, -0.2) is 21.7 Å². The molecule has 1 heterocycles. The Morgan fingerprint density at radius 3 is 2.18 bits per heavy atom. The maximum absolute atomic E-state index is 13.6. The lowest BCUT2D eigenvalue weighted by molar-refractivity contribution is -0.137. The van der Waals surface area contributed by atoms with Crippen molar-refractivity contribution in [3.63, 3.8) is 0 Å². The zero-order valence-corrected chi connectivity index (χ0v) is 19.1. The van der Waals surface area contributed by atoms with Gasteiger partial charge in [0.05, 0.1) is 6.10 Å². The second kappa shape index (κ2) is 9.56. The minimum atomic E-state index is -4.63. The molecule has 0 saturated carbocycles. The van der Waals surface area contributed by atoms with E-state index in [1.54, 1.807) is 48.5 Å². The lowest BCUT2D eigenvalue weighted by Gasteiger charge is -2.22. The van der Waals surface area contributed by atoms with Gasteiger partial charge in [-0.25, -0.2) is 4.98 Å². The van der Waals surface area contributed by atoms with Gasteiger partial charge in [-0.3, -0.25) is 0 Å². The quantitative estimate of drug-likeness (QED) is 0.398. The number of hydrogen-bond acceptors (Lipinski definition) is 6. The number of ether oxygens (including phenoxy) is 2. The predicted molar refractivity (Wildman–Crippen MR) is 123 cm³/mol. The van der Waals surface area contributed by atoms with Gasteiger partial charge in [0.15, 0.2) is 0 Å². The van der Waals surface area contributed by atoms with Crippen molar-refractivity contribution in [3.8, 4) is 11.5 Å². The van der Waals surface area contributed by atoms with Crippen LogP contribution in [0.3, 0.4) is 0 Å². The van der Waals surface area contributed by atoms with Crippen molar-refractivity contribution in [2.24, 2.45) is 0 Å². The number of nitrogens with zero attached hydrogens (tertiary/aromatic N) is 2. The van der Waals surface area contributed by atoms with Gasteiger partial charge in [0.1, 0.15) is 28.5 Å². The SMILES string of the molecule is CC(C)Oc1ccc(Nc2ncc(C(F)(F)F)c(Nc3cccc(OC(C)(C)C)c3)n2)cc1. The molecule has 3 aromatic rings. The predicted octanol–water partition coefficient (Wildman–Crippen LogP) is 6.95. The summed E-state index contributed by atoms with van der Waals surface area (Å²) in [6.45, 7) is 9.50. The van der Waals surface area contributed by atoms with Crippen LogP contribution < -0.4 is 20.1 Å². The number of rotatable bonds is 7. The second-order valence-corrected chi connectivity index (χ2v) is 8.64. The van der Waals surface area contributed by atoms with Crippen molar-refractivity contribution >= 4 is 23.1 Å². The Hall–Kier alpha value is -3.49. The van der Waals surface area contributed by atoms with Crippen molar-refractivity contribution in [3.05, 3.63) is 60.3 Å². The smallest absolute Gasteiger partial charge is 0.421 e. The van der Waals surface area contributed by atoms with Gasteiger partial charge in [-0.15, -0.1) is 0 Å². The highest BCUT2D eigenvalue weighted by Gasteiger charge is 2.35. The number of alkyl halides is 3. The van der Waals surface area contributed by atoms with Gasteiger partial charge in [0, 0.05) is 23.6 Å². The van der Waals surface area contributed by atoms with E-state index >= 15 is 0 Å². The largest absolute Gasteiger partial charge is 0.491 e. The van der Waals surface area contributed by atoms with Crippen LogP contribution in [0.1, 0.15) is 40.2 Å². The molecule has 3 rings (SSSR count). The number of aromatic nitrogens is 2. The van der Waals surface area contributed by atoms with E-state index in [9.17, 15) is 13.2 Å². The maximum atomic E-state index is 13.6. The molecule has 1 aromatic heterocycles. The molecule has 0 saturated heterocycles. The van der Waals surface area contributed by atoms with Crippen LogP contribution in [-0.2, 0) is 6.18 Å². The molecule has 0 fully saturated rings. The first-order valence-corrected chi connectivity index (χ1v) is 10.4. The zero-order valence-electron chi connectivity index (χ0n) is 19.1. The normalized spacial score (nSPS) is 11.9. The van der Waals surface area contributed by atoms with E-state index in [1.807, 2.05) is 34.6 Å². The molecule has 0 atom stereocenters. The summed E-state index contributed by atoms with van der Waals surface area (Å²) >= 11 is 0. The van der Waals surface area contributed by atoms with Gasteiger partial charge in [-0.1, -0.05) is 6.07 Å². The summed E-state index contributed by atoms with van der Waals surface area (Å²) in [7, 11) is 0. The average molecular weight is 461 g/mol. The average Bonchev–Trinajstić information content (AvgIpc) is 2.67. The highest BCUT2D eigenvalue weighted by molar-refractivity contribution is 5.64. The molecule has 0 amide bonds. The van der Waals surface area contributed by atoms with E-state index in [-0.39, 0.29) is 17.9 Å². The van der Waals surface area contributed by atoms with Gasteiger partial charge < -0.3 is 20.1 Å². The molecule has 0 unspecified atom stereocenters. The van der Waals surface area contributed by atoms with Crippen LogP contribution in [0.2, 0.25) is 0 Å². The Morgan fingerprint density at radius 2 is 1.58 bits per heavy atom. The highest BCUT2D eigenvalue weighted by Crippen LogP contribution is 2.36. The molecule has 0 aliphatic heterocycles. The number of hydrogen-bond donors (Lipinski definition) is 2. The lowest BCUT2D eigenvalue weighted by Crippen LogP contribution is -2.22. The fourth-order valence-electron chi connectivity index (χ4n) is 2.89. The summed E-state index contributed by atoms with van der Waals surface area (Å²) in [5.41, 5.74) is -0.410. The Bertz CT molecular complexity index is 1080.